The number of hydrogen-bond donors (Lipinski definition) is 0. The third-order valence-corrected chi connectivity index (χ3v) is 5.52. The van der Waals surface area contributed by atoms with Crippen LogP contribution in [0, 0.1) is 13.8 Å². The zero-order valence-electron chi connectivity index (χ0n) is 14.8. The Hall–Kier alpha value is -2.70. The molecule has 3 aromatic heterocycles. The molecule has 0 saturated carbocycles. The van der Waals surface area contributed by atoms with Crippen LogP contribution in [0.3, 0.4) is 0 Å². The second-order valence-corrected chi connectivity index (χ2v) is 7.58. The Bertz CT molecular complexity index is 1120. The third-order valence-electron chi connectivity index (χ3n) is 4.17. The molecule has 0 spiro atoms. The van der Waals surface area contributed by atoms with Crippen molar-refractivity contribution in [1.82, 2.24) is 9.97 Å². The quantitative estimate of drug-likeness (QED) is 0.462. The molecular weight excluding hydrogens is 382 g/mol. The molecule has 0 unspecified atom stereocenters. The van der Waals surface area contributed by atoms with Crippen LogP contribution in [0.1, 0.15) is 27.4 Å². The van der Waals surface area contributed by atoms with Crippen LogP contribution in [0.4, 0.5) is 5.13 Å². The van der Waals surface area contributed by atoms with E-state index in [-0.39, 0.29) is 5.91 Å². The van der Waals surface area contributed by atoms with Gasteiger partial charge in [-0.2, -0.15) is 0 Å². The highest BCUT2D eigenvalue weighted by atomic mass is 35.5. The summed E-state index contributed by atoms with van der Waals surface area (Å²) in [6.45, 7) is 3.97. The van der Waals surface area contributed by atoms with Gasteiger partial charge in [0.2, 0.25) is 0 Å². The third kappa shape index (κ3) is 3.46. The first kappa shape index (κ1) is 17.7. The summed E-state index contributed by atoms with van der Waals surface area (Å²) < 4.78 is 6.48. The smallest absolute Gasteiger partial charge is 0.263 e. The highest BCUT2D eigenvalue weighted by Gasteiger charge is 2.25. The lowest BCUT2D eigenvalue weighted by Crippen LogP contribution is -2.30. The van der Waals surface area contributed by atoms with Crippen molar-refractivity contribution in [3.05, 3.63) is 76.5 Å². The van der Waals surface area contributed by atoms with E-state index in [0.717, 1.165) is 10.3 Å². The Balaban J connectivity index is 1.80. The van der Waals surface area contributed by atoms with Crippen LogP contribution in [-0.4, -0.2) is 15.9 Å². The summed E-state index contributed by atoms with van der Waals surface area (Å²) in [4.78, 5) is 23.8. The number of halogens is 1. The molecule has 27 heavy (non-hydrogen) atoms. The van der Waals surface area contributed by atoms with Gasteiger partial charge in [0.05, 0.1) is 21.8 Å². The van der Waals surface area contributed by atoms with Gasteiger partial charge in [0.1, 0.15) is 17.0 Å². The number of aromatic nitrogens is 2. The molecular formula is C20H16ClN3O2S. The fraction of sp³-hybridized carbons (Fsp3) is 0.150. The van der Waals surface area contributed by atoms with Gasteiger partial charge in [-0.05, 0) is 43.7 Å². The number of para-hydroxylation sites is 1. The zero-order chi connectivity index (χ0) is 19.0. The van der Waals surface area contributed by atoms with E-state index in [1.165, 1.54) is 11.3 Å². The lowest BCUT2D eigenvalue weighted by atomic mass is 10.2. The molecule has 0 aliphatic heterocycles. The van der Waals surface area contributed by atoms with Crippen LogP contribution in [0.5, 0.6) is 0 Å². The van der Waals surface area contributed by atoms with Gasteiger partial charge in [0.25, 0.3) is 5.91 Å². The maximum Gasteiger partial charge on any atom is 0.263 e. The summed E-state index contributed by atoms with van der Waals surface area (Å²) in [6, 6.07) is 11.2. The first-order valence-electron chi connectivity index (χ1n) is 8.36. The summed E-state index contributed by atoms with van der Waals surface area (Å²) >= 11 is 7.71. The lowest BCUT2D eigenvalue weighted by molar-refractivity contribution is 0.0983. The number of anilines is 1. The molecule has 0 N–H and O–H groups in total. The van der Waals surface area contributed by atoms with Crippen molar-refractivity contribution in [2.24, 2.45) is 0 Å². The van der Waals surface area contributed by atoms with E-state index in [1.807, 2.05) is 31.2 Å². The molecule has 4 aromatic rings. The maximum atomic E-state index is 13.3. The number of nitrogens with zero attached hydrogens (tertiary/aromatic N) is 3. The average Bonchev–Trinajstić information content (AvgIpc) is 3.23. The lowest BCUT2D eigenvalue weighted by Gasteiger charge is -2.19. The fourth-order valence-corrected chi connectivity index (χ4v) is 4.17. The Morgan fingerprint density at radius 1 is 1.26 bits per heavy atom. The Morgan fingerprint density at radius 3 is 2.78 bits per heavy atom. The number of fused-ring (bicyclic) bond motifs is 1. The number of rotatable bonds is 4. The van der Waals surface area contributed by atoms with Crippen LogP contribution in [0.2, 0.25) is 5.02 Å². The van der Waals surface area contributed by atoms with Crippen LogP contribution in [0.15, 0.2) is 53.2 Å². The molecule has 1 aromatic carbocycles. The number of aryl methyl sites for hydroxylation is 2. The summed E-state index contributed by atoms with van der Waals surface area (Å²) in [5.74, 6) is 1.13. The van der Waals surface area contributed by atoms with Gasteiger partial charge in [0.15, 0.2) is 5.13 Å². The van der Waals surface area contributed by atoms with E-state index in [1.54, 1.807) is 36.4 Å². The van der Waals surface area contributed by atoms with Crippen molar-refractivity contribution in [2.45, 2.75) is 20.4 Å². The number of pyridine rings is 1. The minimum Gasteiger partial charge on any atom is -0.466 e. The Morgan fingerprint density at radius 2 is 2.11 bits per heavy atom. The largest absolute Gasteiger partial charge is 0.466 e. The minimum absolute atomic E-state index is 0.164. The molecule has 5 nitrogen and oxygen atoms in total. The number of hydrogen-bond acceptors (Lipinski definition) is 5. The molecule has 3 heterocycles. The number of amides is 1. The summed E-state index contributed by atoms with van der Waals surface area (Å²) in [7, 11) is 0. The molecule has 7 heteroatoms. The second kappa shape index (κ2) is 7.13. The molecule has 1 amide bonds. The predicted molar refractivity (Wildman–Crippen MR) is 108 cm³/mol. The van der Waals surface area contributed by atoms with Gasteiger partial charge in [-0.1, -0.05) is 35.1 Å². The van der Waals surface area contributed by atoms with Crippen molar-refractivity contribution in [2.75, 3.05) is 4.90 Å². The molecule has 136 valence electrons. The number of carbonyl (C=O) groups is 1. The van der Waals surface area contributed by atoms with Crippen molar-refractivity contribution in [3.8, 4) is 0 Å². The number of furan rings is 1. The topological polar surface area (TPSA) is 59.2 Å². The number of thiazole rings is 1. The molecule has 0 bridgehead atoms. The average molecular weight is 398 g/mol. The fourth-order valence-electron chi connectivity index (χ4n) is 2.91. The van der Waals surface area contributed by atoms with Crippen LogP contribution < -0.4 is 4.90 Å². The summed E-state index contributed by atoms with van der Waals surface area (Å²) in [5, 5.41) is 1.16. The van der Waals surface area contributed by atoms with Gasteiger partial charge in [0, 0.05) is 12.4 Å². The minimum atomic E-state index is -0.164. The molecule has 0 saturated heterocycles. The van der Waals surface area contributed by atoms with Crippen LogP contribution >= 0.6 is 22.9 Å². The Labute approximate surface area is 165 Å². The van der Waals surface area contributed by atoms with Crippen molar-refractivity contribution in [1.29, 1.82) is 0 Å². The number of benzene rings is 1. The van der Waals surface area contributed by atoms with Crippen molar-refractivity contribution >= 4 is 44.2 Å². The highest BCUT2D eigenvalue weighted by Crippen LogP contribution is 2.34. The zero-order valence-corrected chi connectivity index (χ0v) is 16.3. The van der Waals surface area contributed by atoms with Gasteiger partial charge in [-0.15, -0.1) is 0 Å². The Kier molecular flexibility index (Phi) is 4.68. The second-order valence-electron chi connectivity index (χ2n) is 6.16. The maximum absolute atomic E-state index is 13.3. The predicted octanol–water partition coefficient (Wildman–Crippen LogP) is 5.40. The monoisotopic (exact) mass is 397 g/mol. The summed E-state index contributed by atoms with van der Waals surface area (Å²) in [6.07, 6.45) is 3.45. The molecule has 0 fully saturated rings. The SMILES string of the molecule is Cc1cc(C(=O)N(Cc2cccnc2)c2nc3c(Cl)cccc3s2)c(C)o1. The van der Waals surface area contributed by atoms with Gasteiger partial charge >= 0.3 is 0 Å². The molecule has 4 rings (SSSR count). The van der Waals surface area contributed by atoms with E-state index in [0.29, 0.717) is 39.3 Å². The van der Waals surface area contributed by atoms with Crippen molar-refractivity contribution in [3.63, 3.8) is 0 Å². The highest BCUT2D eigenvalue weighted by molar-refractivity contribution is 7.22. The van der Waals surface area contributed by atoms with E-state index >= 15 is 0 Å². The molecule has 0 radical (unpaired) electrons. The molecule has 0 atom stereocenters. The first-order valence-corrected chi connectivity index (χ1v) is 9.55. The van der Waals surface area contributed by atoms with E-state index < -0.39 is 0 Å². The van der Waals surface area contributed by atoms with Gasteiger partial charge in [-0.3, -0.25) is 14.7 Å². The van der Waals surface area contributed by atoms with Crippen molar-refractivity contribution < 1.29 is 9.21 Å². The normalized spacial score (nSPS) is 11.1. The van der Waals surface area contributed by atoms with E-state index in [9.17, 15) is 4.79 Å². The van der Waals surface area contributed by atoms with Crippen LogP contribution in [0.25, 0.3) is 10.2 Å². The van der Waals surface area contributed by atoms with Crippen LogP contribution in [-0.2, 0) is 6.54 Å². The first-order chi connectivity index (χ1) is 13.0. The van der Waals surface area contributed by atoms with Gasteiger partial charge in [-0.25, -0.2) is 4.98 Å². The van der Waals surface area contributed by atoms with E-state index in [2.05, 4.69) is 9.97 Å². The molecule has 0 aliphatic carbocycles. The van der Waals surface area contributed by atoms with Gasteiger partial charge < -0.3 is 4.42 Å². The number of carbonyl (C=O) groups excluding carboxylic acids is 1. The standard InChI is InChI=1S/C20H16ClN3O2S/c1-12-9-15(13(2)26-12)19(25)24(11-14-5-4-8-22-10-14)20-23-18-16(21)6-3-7-17(18)27-20/h3-10H,11H2,1-2H3. The van der Waals surface area contributed by atoms with E-state index in [4.69, 9.17) is 16.0 Å². The molecule has 0 aliphatic rings. The summed E-state index contributed by atoms with van der Waals surface area (Å²) in [5.41, 5.74) is 2.14.